The van der Waals surface area contributed by atoms with Gasteiger partial charge in [0, 0.05) is 23.0 Å². The lowest BCUT2D eigenvalue weighted by atomic mass is 10.0. The van der Waals surface area contributed by atoms with Crippen LogP contribution in [0, 0.1) is 0 Å². The van der Waals surface area contributed by atoms with Crippen LogP contribution in [0.5, 0.6) is 5.75 Å². The molecule has 1 atom stereocenters. The first-order valence-electron chi connectivity index (χ1n) is 13.0. The predicted molar refractivity (Wildman–Crippen MR) is 143 cm³/mol. The van der Waals surface area contributed by atoms with Crippen LogP contribution in [-0.2, 0) is 13.1 Å². The number of benzene rings is 2. The van der Waals surface area contributed by atoms with Gasteiger partial charge in [-0.15, -0.1) is 5.10 Å². The quantitative estimate of drug-likeness (QED) is 0.297. The summed E-state index contributed by atoms with van der Waals surface area (Å²) in [6.45, 7) is 1.04. The smallest absolute Gasteiger partial charge is 0.253 e. The molecule has 1 aliphatic carbocycles. The Labute approximate surface area is 220 Å². The van der Waals surface area contributed by atoms with Crippen molar-refractivity contribution in [2.45, 2.75) is 50.9 Å². The molecule has 6 rings (SSSR count). The molecule has 1 fully saturated rings. The van der Waals surface area contributed by atoms with E-state index in [9.17, 15) is 4.79 Å². The van der Waals surface area contributed by atoms with E-state index in [1.54, 1.807) is 13.4 Å². The minimum absolute atomic E-state index is 0.175. The molecule has 3 aromatic heterocycles. The van der Waals surface area contributed by atoms with E-state index in [2.05, 4.69) is 37.5 Å². The molecule has 194 valence electrons. The van der Waals surface area contributed by atoms with Crippen LogP contribution in [-0.4, -0.2) is 37.2 Å². The van der Waals surface area contributed by atoms with Crippen molar-refractivity contribution in [3.8, 4) is 5.75 Å². The van der Waals surface area contributed by atoms with Gasteiger partial charge in [0.05, 0.1) is 26.0 Å². The lowest BCUT2D eigenvalue weighted by molar-refractivity contribution is 0.176. The maximum atomic E-state index is 13.7. The lowest BCUT2D eigenvalue weighted by Crippen LogP contribution is -2.35. The molecule has 0 amide bonds. The number of aromatic amines is 1. The number of fused-ring (bicyclic) bond motifs is 1. The van der Waals surface area contributed by atoms with Gasteiger partial charge < -0.3 is 14.1 Å². The van der Waals surface area contributed by atoms with Gasteiger partial charge in [0.15, 0.2) is 5.82 Å². The fourth-order valence-corrected chi connectivity index (χ4v) is 5.48. The zero-order chi connectivity index (χ0) is 25.9. The molecule has 1 saturated carbocycles. The molecule has 9 nitrogen and oxygen atoms in total. The maximum absolute atomic E-state index is 13.7. The van der Waals surface area contributed by atoms with E-state index in [-0.39, 0.29) is 11.6 Å². The number of ether oxygens (including phenoxy) is 1. The van der Waals surface area contributed by atoms with E-state index in [1.807, 2.05) is 59.3 Å². The molecule has 1 aliphatic rings. The first kappa shape index (κ1) is 24.1. The normalized spacial score (nSPS) is 14.9. The number of hydrogen-bond donors (Lipinski definition) is 1. The number of tetrazole rings is 1. The van der Waals surface area contributed by atoms with Crippen LogP contribution < -0.4 is 10.3 Å². The van der Waals surface area contributed by atoms with Gasteiger partial charge >= 0.3 is 0 Å². The summed E-state index contributed by atoms with van der Waals surface area (Å²) in [6, 6.07) is 21.3. The lowest BCUT2D eigenvalue weighted by Gasteiger charge is -2.31. The predicted octanol–water partition coefficient (Wildman–Crippen LogP) is 5.02. The van der Waals surface area contributed by atoms with E-state index in [0.717, 1.165) is 53.7 Å². The Morgan fingerprint density at radius 3 is 2.68 bits per heavy atom. The van der Waals surface area contributed by atoms with E-state index in [0.29, 0.717) is 24.5 Å². The van der Waals surface area contributed by atoms with Gasteiger partial charge in [-0.2, -0.15) is 0 Å². The molecule has 0 bridgehead atoms. The number of nitrogens with one attached hydrogen (secondary N) is 1. The van der Waals surface area contributed by atoms with Gasteiger partial charge in [-0.05, 0) is 65.2 Å². The number of aromatic nitrogens is 5. The van der Waals surface area contributed by atoms with Crippen LogP contribution >= 0.6 is 0 Å². The van der Waals surface area contributed by atoms with Crippen molar-refractivity contribution in [2.75, 3.05) is 7.11 Å². The minimum Gasteiger partial charge on any atom is -0.497 e. The highest BCUT2D eigenvalue weighted by Gasteiger charge is 2.33. The van der Waals surface area contributed by atoms with Gasteiger partial charge in [0.25, 0.3) is 5.56 Å². The number of pyridine rings is 1. The number of H-pyrrole nitrogens is 1. The Kier molecular flexibility index (Phi) is 6.75. The van der Waals surface area contributed by atoms with Crippen LogP contribution in [0.2, 0.25) is 0 Å². The number of hydrogen-bond acceptors (Lipinski definition) is 7. The van der Waals surface area contributed by atoms with Gasteiger partial charge in [-0.1, -0.05) is 43.2 Å². The molecule has 0 spiro atoms. The fourth-order valence-electron chi connectivity index (χ4n) is 5.48. The van der Waals surface area contributed by atoms with Gasteiger partial charge in [0.2, 0.25) is 0 Å². The van der Waals surface area contributed by atoms with Crippen molar-refractivity contribution in [1.29, 1.82) is 0 Å². The highest BCUT2D eigenvalue weighted by Crippen LogP contribution is 2.35. The van der Waals surface area contributed by atoms with E-state index in [4.69, 9.17) is 9.15 Å². The molecule has 9 heteroatoms. The Morgan fingerprint density at radius 1 is 1.08 bits per heavy atom. The van der Waals surface area contributed by atoms with Crippen molar-refractivity contribution >= 4 is 10.9 Å². The van der Waals surface area contributed by atoms with Gasteiger partial charge in [0.1, 0.15) is 17.6 Å². The third kappa shape index (κ3) is 4.84. The molecule has 0 saturated heterocycles. The standard InChI is InChI=1S/C29H30N6O3/c1-37-23-13-14-26-21(16-23)17-25(29(36)30-26)27(28-31-32-33-35(28)22-10-5-6-11-22)34(19-24-12-7-15-38-24)18-20-8-3-2-4-9-20/h2-4,7-9,12-17,22,27H,5-6,10-11,18-19H2,1H3,(H,30,36)/t27-/m1/s1. The Morgan fingerprint density at radius 2 is 1.92 bits per heavy atom. The largest absolute Gasteiger partial charge is 0.497 e. The summed E-state index contributed by atoms with van der Waals surface area (Å²) < 4.78 is 13.2. The van der Waals surface area contributed by atoms with Crippen LogP contribution in [0.1, 0.15) is 60.5 Å². The molecule has 0 aliphatic heterocycles. The zero-order valence-corrected chi connectivity index (χ0v) is 21.3. The average Bonchev–Trinajstić information content (AvgIpc) is 3.73. The summed E-state index contributed by atoms with van der Waals surface area (Å²) in [4.78, 5) is 19.0. The highest BCUT2D eigenvalue weighted by atomic mass is 16.5. The SMILES string of the molecule is COc1ccc2[nH]c(=O)c([C@H](c3nnnn3C3CCCC3)N(Cc3ccccc3)Cc3ccco3)cc2c1. The number of furan rings is 1. The summed E-state index contributed by atoms with van der Waals surface area (Å²) in [7, 11) is 1.64. The molecule has 3 heterocycles. The zero-order valence-electron chi connectivity index (χ0n) is 21.3. The van der Waals surface area contributed by atoms with Crippen molar-refractivity contribution in [3.05, 3.63) is 106 Å². The molecular formula is C29H30N6O3. The van der Waals surface area contributed by atoms with Crippen LogP contribution in [0.3, 0.4) is 0 Å². The third-order valence-corrected chi connectivity index (χ3v) is 7.34. The molecular weight excluding hydrogens is 480 g/mol. The topological polar surface area (TPSA) is 102 Å². The van der Waals surface area contributed by atoms with E-state index < -0.39 is 6.04 Å². The van der Waals surface area contributed by atoms with Crippen LogP contribution in [0.15, 0.2) is 82.2 Å². The molecule has 1 N–H and O–H groups in total. The second-order valence-corrected chi connectivity index (χ2v) is 9.80. The van der Waals surface area contributed by atoms with Crippen molar-refractivity contribution in [1.82, 2.24) is 30.1 Å². The Hall–Kier alpha value is -4.24. The van der Waals surface area contributed by atoms with Gasteiger partial charge in [-0.3, -0.25) is 9.69 Å². The maximum Gasteiger partial charge on any atom is 0.253 e. The summed E-state index contributed by atoms with van der Waals surface area (Å²) in [6.07, 6.45) is 6.00. The molecule has 38 heavy (non-hydrogen) atoms. The number of methoxy groups -OCH3 is 1. The second-order valence-electron chi connectivity index (χ2n) is 9.80. The highest BCUT2D eigenvalue weighted by molar-refractivity contribution is 5.80. The molecule has 0 radical (unpaired) electrons. The Bertz CT molecular complexity index is 1550. The summed E-state index contributed by atoms with van der Waals surface area (Å²) >= 11 is 0. The molecule has 5 aromatic rings. The Balaban J connectivity index is 1.53. The monoisotopic (exact) mass is 510 g/mol. The summed E-state index contributed by atoms with van der Waals surface area (Å²) in [5.41, 5.74) is 2.26. The third-order valence-electron chi connectivity index (χ3n) is 7.34. The average molecular weight is 511 g/mol. The minimum atomic E-state index is -0.518. The number of nitrogens with zero attached hydrogens (tertiary/aromatic N) is 5. The summed E-state index contributed by atoms with van der Waals surface area (Å²) in [5, 5.41) is 13.9. The van der Waals surface area contributed by atoms with Crippen LogP contribution in [0.25, 0.3) is 10.9 Å². The summed E-state index contributed by atoms with van der Waals surface area (Å²) in [5.74, 6) is 2.18. The first-order chi connectivity index (χ1) is 18.7. The van der Waals surface area contributed by atoms with Gasteiger partial charge in [-0.25, -0.2) is 4.68 Å². The van der Waals surface area contributed by atoms with Crippen molar-refractivity contribution in [3.63, 3.8) is 0 Å². The number of rotatable bonds is 9. The molecule has 0 unspecified atom stereocenters. The van der Waals surface area contributed by atoms with Crippen molar-refractivity contribution < 1.29 is 9.15 Å². The fraction of sp³-hybridized carbons (Fsp3) is 0.310. The molecule has 2 aromatic carbocycles. The van der Waals surface area contributed by atoms with E-state index in [1.165, 1.54) is 0 Å². The first-order valence-corrected chi connectivity index (χ1v) is 13.0. The van der Waals surface area contributed by atoms with E-state index >= 15 is 0 Å². The van der Waals surface area contributed by atoms with Crippen molar-refractivity contribution in [2.24, 2.45) is 0 Å². The second kappa shape index (κ2) is 10.6. The van der Waals surface area contributed by atoms with Crippen LogP contribution in [0.4, 0.5) is 0 Å².